The Hall–Kier alpha value is -2.64. The quantitative estimate of drug-likeness (QED) is 0.590. The minimum atomic E-state index is -4.15. The second-order valence-electron chi connectivity index (χ2n) is 7.83. The van der Waals surface area contributed by atoms with E-state index < -0.39 is 30.3 Å². The van der Waals surface area contributed by atoms with Crippen LogP contribution in [0.5, 0.6) is 5.75 Å². The Kier molecular flexibility index (Phi) is 6.04. The Morgan fingerprint density at radius 3 is 1.55 bits per heavy atom. The fourth-order valence-electron chi connectivity index (χ4n) is 3.57. The molecule has 31 heavy (non-hydrogen) atoms. The highest BCUT2D eigenvalue weighted by Crippen LogP contribution is 2.37. The molecule has 0 saturated heterocycles. The number of aryl methyl sites for hydroxylation is 5. The summed E-state index contributed by atoms with van der Waals surface area (Å²) in [6.45, 7) is 8.70. The number of benzene rings is 3. The molecule has 7 heteroatoms. The lowest BCUT2D eigenvalue weighted by Crippen LogP contribution is -2.11. The minimum Gasteiger partial charge on any atom is -0.507 e. The summed E-state index contributed by atoms with van der Waals surface area (Å²) in [7, 11) is -8.16. The van der Waals surface area contributed by atoms with Crippen molar-refractivity contribution >= 4 is 19.7 Å². The Morgan fingerprint density at radius 2 is 1.10 bits per heavy atom. The maximum Gasteiger partial charge on any atom is 0.210 e. The molecule has 0 fully saturated rings. The Balaban J connectivity index is 2.33. The van der Waals surface area contributed by atoms with Crippen LogP contribution in [-0.2, 0) is 26.1 Å². The molecule has 0 aliphatic rings. The second kappa shape index (κ2) is 8.13. The van der Waals surface area contributed by atoms with Crippen LogP contribution in [0.1, 0.15) is 34.7 Å². The van der Waals surface area contributed by atoms with Crippen molar-refractivity contribution in [1.29, 1.82) is 0 Å². The van der Waals surface area contributed by atoms with Crippen LogP contribution in [0.25, 0.3) is 0 Å². The van der Waals surface area contributed by atoms with Gasteiger partial charge in [-0.3, -0.25) is 0 Å². The van der Waals surface area contributed by atoms with Gasteiger partial charge in [0.1, 0.15) is 10.6 Å². The summed E-state index contributed by atoms with van der Waals surface area (Å²) in [6, 6.07) is 12.5. The minimum absolute atomic E-state index is 0.0436. The van der Waals surface area contributed by atoms with E-state index in [1.54, 1.807) is 58.9 Å². The molecule has 0 heterocycles. The van der Waals surface area contributed by atoms with E-state index in [-0.39, 0.29) is 14.7 Å². The van der Waals surface area contributed by atoms with Crippen LogP contribution < -0.4 is 0 Å². The van der Waals surface area contributed by atoms with E-state index in [0.29, 0.717) is 23.1 Å². The molecule has 0 aromatic heterocycles. The van der Waals surface area contributed by atoms with Crippen LogP contribution in [0.4, 0.5) is 0 Å². The summed E-state index contributed by atoms with van der Waals surface area (Å²) < 4.78 is 53.9. The standard InChI is InChI=1S/C24H26O5S2/c1-6-19-13-20(25)24(31(28,29)22-12-16(3)8-10-18(22)5)14-23(19)30(26,27)21-11-15(2)7-9-17(21)4/h7-14,25H,6H2,1-5H3. The first kappa shape index (κ1) is 23.0. The zero-order chi connectivity index (χ0) is 23.1. The van der Waals surface area contributed by atoms with Gasteiger partial charge in [-0.1, -0.05) is 31.2 Å². The molecule has 0 aliphatic heterocycles. The molecule has 1 N–H and O–H groups in total. The Bertz CT molecular complexity index is 1390. The SMILES string of the molecule is CCc1cc(O)c(S(=O)(=O)c2cc(C)ccc2C)cc1S(=O)(=O)c1cc(C)ccc1C. The number of aromatic hydroxyl groups is 1. The van der Waals surface area contributed by atoms with E-state index in [1.165, 1.54) is 12.1 Å². The van der Waals surface area contributed by atoms with Crippen LogP contribution in [0.3, 0.4) is 0 Å². The largest absolute Gasteiger partial charge is 0.507 e. The molecule has 0 amide bonds. The monoisotopic (exact) mass is 458 g/mol. The molecule has 0 radical (unpaired) electrons. The number of phenolic OH excluding ortho intramolecular Hbond substituents is 1. The van der Waals surface area contributed by atoms with Crippen LogP contribution in [-0.4, -0.2) is 21.9 Å². The van der Waals surface area contributed by atoms with Gasteiger partial charge in [0.2, 0.25) is 19.7 Å². The first-order valence-corrected chi connectivity index (χ1v) is 12.9. The smallest absolute Gasteiger partial charge is 0.210 e. The van der Waals surface area contributed by atoms with Gasteiger partial charge >= 0.3 is 0 Å². The van der Waals surface area contributed by atoms with E-state index >= 15 is 0 Å². The zero-order valence-corrected chi connectivity index (χ0v) is 19.9. The fourth-order valence-corrected chi connectivity index (χ4v) is 7.21. The second-order valence-corrected chi connectivity index (χ2v) is 11.6. The van der Waals surface area contributed by atoms with E-state index in [9.17, 15) is 21.9 Å². The lowest BCUT2D eigenvalue weighted by molar-refractivity contribution is 0.456. The summed E-state index contributed by atoms with van der Waals surface area (Å²) in [6.07, 6.45) is 0.316. The van der Waals surface area contributed by atoms with E-state index in [1.807, 2.05) is 6.07 Å². The molecule has 164 valence electrons. The average molecular weight is 459 g/mol. The van der Waals surface area contributed by atoms with Crippen molar-refractivity contribution in [2.24, 2.45) is 0 Å². The van der Waals surface area contributed by atoms with Gasteiger partial charge in [-0.2, -0.15) is 0 Å². The number of hydrogen-bond donors (Lipinski definition) is 1. The molecule has 0 aliphatic carbocycles. The molecule has 3 rings (SSSR count). The van der Waals surface area contributed by atoms with E-state index in [0.717, 1.165) is 17.2 Å². The van der Waals surface area contributed by atoms with Crippen molar-refractivity contribution in [1.82, 2.24) is 0 Å². The highest BCUT2D eigenvalue weighted by atomic mass is 32.2. The normalized spacial score (nSPS) is 12.2. The summed E-state index contributed by atoms with van der Waals surface area (Å²) >= 11 is 0. The van der Waals surface area contributed by atoms with E-state index in [4.69, 9.17) is 0 Å². The third-order valence-electron chi connectivity index (χ3n) is 5.37. The predicted octanol–water partition coefficient (Wildman–Crippen LogP) is 4.85. The maximum atomic E-state index is 13.6. The third kappa shape index (κ3) is 4.12. The first-order chi connectivity index (χ1) is 14.4. The van der Waals surface area contributed by atoms with Crippen molar-refractivity contribution in [3.8, 4) is 5.75 Å². The van der Waals surface area contributed by atoms with Gasteiger partial charge in [-0.05, 0) is 86.2 Å². The molecular formula is C24H26O5S2. The van der Waals surface area contributed by atoms with Crippen LogP contribution in [0.15, 0.2) is 68.1 Å². The van der Waals surface area contributed by atoms with Crippen LogP contribution in [0.2, 0.25) is 0 Å². The van der Waals surface area contributed by atoms with Crippen molar-refractivity contribution in [2.75, 3.05) is 0 Å². The summed E-state index contributed by atoms with van der Waals surface area (Å²) in [5.41, 5.74) is 2.97. The maximum absolute atomic E-state index is 13.6. The molecule has 0 bridgehead atoms. The number of rotatable bonds is 5. The zero-order valence-electron chi connectivity index (χ0n) is 18.2. The van der Waals surface area contributed by atoms with Crippen molar-refractivity contribution in [3.63, 3.8) is 0 Å². The molecule has 0 atom stereocenters. The van der Waals surface area contributed by atoms with Crippen LogP contribution in [0, 0.1) is 27.7 Å². The number of sulfone groups is 2. The highest BCUT2D eigenvalue weighted by molar-refractivity contribution is 7.92. The van der Waals surface area contributed by atoms with Gasteiger partial charge in [0, 0.05) is 0 Å². The summed E-state index contributed by atoms with van der Waals surface area (Å²) in [4.78, 5) is -0.349. The molecule has 0 spiro atoms. The van der Waals surface area contributed by atoms with Gasteiger partial charge in [-0.25, -0.2) is 16.8 Å². The van der Waals surface area contributed by atoms with Crippen molar-refractivity contribution in [2.45, 2.75) is 60.6 Å². The van der Waals surface area contributed by atoms with Gasteiger partial charge in [0.05, 0.1) is 14.7 Å². The highest BCUT2D eigenvalue weighted by Gasteiger charge is 2.30. The van der Waals surface area contributed by atoms with Gasteiger partial charge in [0.25, 0.3) is 0 Å². The predicted molar refractivity (Wildman–Crippen MR) is 120 cm³/mol. The molecule has 3 aromatic rings. The van der Waals surface area contributed by atoms with Crippen molar-refractivity contribution < 1.29 is 21.9 Å². The summed E-state index contributed by atoms with van der Waals surface area (Å²) in [5, 5.41) is 10.6. The molecule has 3 aromatic carbocycles. The number of phenols is 1. The van der Waals surface area contributed by atoms with E-state index in [2.05, 4.69) is 0 Å². The lowest BCUT2D eigenvalue weighted by atomic mass is 10.1. The van der Waals surface area contributed by atoms with Gasteiger partial charge in [0.15, 0.2) is 0 Å². The van der Waals surface area contributed by atoms with Gasteiger partial charge < -0.3 is 5.11 Å². The Labute approximate surface area is 184 Å². The lowest BCUT2D eigenvalue weighted by Gasteiger charge is -2.16. The third-order valence-corrected chi connectivity index (χ3v) is 9.27. The summed E-state index contributed by atoms with van der Waals surface area (Å²) in [5.74, 6) is -0.460. The Morgan fingerprint density at radius 1 is 0.645 bits per heavy atom. The van der Waals surface area contributed by atoms with Crippen molar-refractivity contribution in [3.05, 3.63) is 76.3 Å². The average Bonchev–Trinajstić information content (AvgIpc) is 2.70. The van der Waals surface area contributed by atoms with Gasteiger partial charge in [-0.15, -0.1) is 0 Å². The number of hydrogen-bond acceptors (Lipinski definition) is 5. The molecular weight excluding hydrogens is 432 g/mol. The first-order valence-electron chi connectivity index (χ1n) is 9.90. The topological polar surface area (TPSA) is 88.5 Å². The molecule has 0 saturated carbocycles. The fraction of sp³-hybridized carbons (Fsp3) is 0.250. The molecule has 5 nitrogen and oxygen atoms in total. The molecule has 0 unspecified atom stereocenters. The van der Waals surface area contributed by atoms with Crippen LogP contribution >= 0.6 is 0 Å².